The first kappa shape index (κ1) is 25.9. The highest BCUT2D eigenvalue weighted by Crippen LogP contribution is 2.27. The van der Waals surface area contributed by atoms with Crippen LogP contribution in [-0.2, 0) is 11.3 Å². The van der Waals surface area contributed by atoms with Crippen molar-refractivity contribution in [3.63, 3.8) is 0 Å². The molecule has 196 valence electrons. The molecule has 0 bridgehead atoms. The van der Waals surface area contributed by atoms with Crippen LogP contribution in [0.25, 0.3) is 17.2 Å². The lowest BCUT2D eigenvalue weighted by atomic mass is 9.97. The van der Waals surface area contributed by atoms with Crippen LogP contribution in [0.15, 0.2) is 65.7 Å². The van der Waals surface area contributed by atoms with Crippen molar-refractivity contribution in [2.75, 3.05) is 43.5 Å². The molecule has 0 aliphatic carbocycles. The molecule has 2 amide bonds. The Kier molecular flexibility index (Phi) is 8.05. The summed E-state index contributed by atoms with van der Waals surface area (Å²) in [7, 11) is 4.13. The second-order valence-electron chi connectivity index (χ2n) is 9.84. The minimum atomic E-state index is -0.376. The van der Waals surface area contributed by atoms with Gasteiger partial charge in [-0.25, -0.2) is 9.97 Å². The van der Waals surface area contributed by atoms with E-state index in [-0.39, 0.29) is 11.1 Å². The molecular formula is C29H32N6O2S. The van der Waals surface area contributed by atoms with E-state index in [9.17, 15) is 9.59 Å². The third-order valence-corrected chi connectivity index (χ3v) is 7.68. The highest BCUT2D eigenvalue weighted by Gasteiger charge is 2.25. The maximum Gasteiger partial charge on any atom is 0.290 e. The lowest BCUT2D eigenvalue weighted by molar-refractivity contribution is -0.115. The Bertz CT molecular complexity index is 1350. The smallest absolute Gasteiger partial charge is 0.290 e. The molecule has 2 aliphatic heterocycles. The summed E-state index contributed by atoms with van der Waals surface area (Å²) in [5.74, 6) is 0.885. The maximum absolute atomic E-state index is 11.8. The summed E-state index contributed by atoms with van der Waals surface area (Å²) in [4.78, 5) is 36.9. The highest BCUT2D eigenvalue weighted by atomic mass is 32.2. The second-order valence-corrected chi connectivity index (χ2v) is 10.9. The predicted molar refractivity (Wildman–Crippen MR) is 154 cm³/mol. The fourth-order valence-corrected chi connectivity index (χ4v) is 5.40. The number of rotatable bonds is 8. The number of hydrogen-bond acceptors (Lipinski definition) is 8. The normalized spacial score (nSPS) is 17.2. The Morgan fingerprint density at radius 2 is 1.84 bits per heavy atom. The van der Waals surface area contributed by atoms with E-state index in [1.807, 2.05) is 0 Å². The number of carbonyl (C=O) groups excluding carboxylic acids is 2. The molecule has 3 heterocycles. The molecule has 1 aromatic heterocycles. The molecule has 0 atom stereocenters. The molecule has 0 radical (unpaired) electrons. The van der Waals surface area contributed by atoms with Gasteiger partial charge in [-0.1, -0.05) is 30.3 Å². The Balaban J connectivity index is 1.12. The zero-order valence-electron chi connectivity index (χ0n) is 21.7. The van der Waals surface area contributed by atoms with Crippen LogP contribution in [-0.4, -0.2) is 54.8 Å². The number of aromatic nitrogens is 2. The predicted octanol–water partition coefficient (Wildman–Crippen LogP) is 4.54. The van der Waals surface area contributed by atoms with Gasteiger partial charge < -0.3 is 15.1 Å². The average molecular weight is 529 g/mol. The molecule has 3 aromatic rings. The van der Waals surface area contributed by atoms with Gasteiger partial charge in [-0.2, -0.15) is 0 Å². The molecule has 5 rings (SSSR count). The molecule has 8 nitrogen and oxygen atoms in total. The van der Waals surface area contributed by atoms with E-state index in [1.165, 1.54) is 22.4 Å². The molecule has 2 saturated heterocycles. The maximum atomic E-state index is 11.8. The van der Waals surface area contributed by atoms with Crippen molar-refractivity contribution in [3.8, 4) is 11.1 Å². The fourth-order valence-electron chi connectivity index (χ4n) is 4.73. The number of nitrogens with zero attached hydrogens (tertiary/aromatic N) is 4. The summed E-state index contributed by atoms with van der Waals surface area (Å²) >= 11 is 0.896. The largest absolute Gasteiger partial charge is 0.378 e. The van der Waals surface area contributed by atoms with Gasteiger partial charge in [0.05, 0.1) is 10.6 Å². The average Bonchev–Trinajstić information content (AvgIpc) is 3.25. The van der Waals surface area contributed by atoms with Crippen molar-refractivity contribution < 1.29 is 9.59 Å². The third kappa shape index (κ3) is 6.41. The molecule has 0 unspecified atom stereocenters. The number of thioether (sulfide) groups is 1. The van der Waals surface area contributed by atoms with Crippen LogP contribution in [0.3, 0.4) is 0 Å². The number of imide groups is 1. The molecule has 2 fully saturated rings. The minimum absolute atomic E-state index is 0.353. The van der Waals surface area contributed by atoms with Crippen LogP contribution in [0.1, 0.15) is 24.1 Å². The minimum Gasteiger partial charge on any atom is -0.378 e. The van der Waals surface area contributed by atoms with E-state index in [0.29, 0.717) is 22.5 Å². The van der Waals surface area contributed by atoms with E-state index >= 15 is 0 Å². The first-order valence-electron chi connectivity index (χ1n) is 12.8. The number of anilines is 2. The number of piperidine rings is 1. The lowest BCUT2D eigenvalue weighted by Crippen LogP contribution is -2.38. The molecule has 9 heteroatoms. The third-order valence-electron chi connectivity index (χ3n) is 6.87. The van der Waals surface area contributed by atoms with Gasteiger partial charge in [0.25, 0.3) is 11.1 Å². The highest BCUT2D eigenvalue weighted by molar-refractivity contribution is 8.18. The first-order chi connectivity index (χ1) is 18.4. The van der Waals surface area contributed by atoms with Crippen molar-refractivity contribution in [3.05, 3.63) is 77.0 Å². The zero-order valence-corrected chi connectivity index (χ0v) is 22.5. The van der Waals surface area contributed by atoms with Crippen LogP contribution in [0.5, 0.6) is 0 Å². The lowest BCUT2D eigenvalue weighted by Gasteiger charge is -2.32. The topological polar surface area (TPSA) is 90.5 Å². The van der Waals surface area contributed by atoms with E-state index in [1.54, 1.807) is 18.3 Å². The van der Waals surface area contributed by atoms with Crippen molar-refractivity contribution in [1.82, 2.24) is 20.6 Å². The molecular weight excluding hydrogens is 496 g/mol. The number of benzene rings is 2. The van der Waals surface area contributed by atoms with Gasteiger partial charge in [-0.3, -0.25) is 14.9 Å². The first-order valence-corrected chi connectivity index (χ1v) is 13.7. The van der Waals surface area contributed by atoms with Crippen molar-refractivity contribution >= 4 is 40.6 Å². The summed E-state index contributed by atoms with van der Waals surface area (Å²) in [6.45, 7) is 3.59. The quantitative estimate of drug-likeness (QED) is 0.412. The van der Waals surface area contributed by atoms with Gasteiger partial charge in [0.2, 0.25) is 5.95 Å². The Morgan fingerprint density at radius 1 is 1.08 bits per heavy atom. The van der Waals surface area contributed by atoms with E-state index in [0.717, 1.165) is 50.8 Å². The number of nitrogens with one attached hydrogen (secondary N) is 2. The van der Waals surface area contributed by atoms with Crippen molar-refractivity contribution in [2.45, 2.75) is 19.4 Å². The Morgan fingerprint density at radius 3 is 2.58 bits per heavy atom. The number of amides is 2. The van der Waals surface area contributed by atoms with Crippen LogP contribution < -0.4 is 20.4 Å². The second kappa shape index (κ2) is 11.8. The van der Waals surface area contributed by atoms with Gasteiger partial charge in [0.15, 0.2) is 0 Å². The van der Waals surface area contributed by atoms with Crippen LogP contribution in [0.2, 0.25) is 0 Å². The van der Waals surface area contributed by atoms with Gasteiger partial charge in [0.1, 0.15) is 0 Å². The monoisotopic (exact) mass is 528 g/mol. The summed E-state index contributed by atoms with van der Waals surface area (Å²) in [6, 6.07) is 19.1. The van der Waals surface area contributed by atoms with Gasteiger partial charge in [-0.15, -0.1) is 0 Å². The molecule has 2 N–H and O–H groups in total. The van der Waals surface area contributed by atoms with Gasteiger partial charge in [-0.05, 0) is 84.1 Å². The Labute approximate surface area is 227 Å². The van der Waals surface area contributed by atoms with E-state index in [2.05, 4.69) is 93.0 Å². The van der Waals surface area contributed by atoms with Crippen LogP contribution >= 0.6 is 11.8 Å². The zero-order chi connectivity index (χ0) is 26.5. The van der Waals surface area contributed by atoms with Crippen molar-refractivity contribution in [2.24, 2.45) is 5.92 Å². The summed E-state index contributed by atoms with van der Waals surface area (Å²) in [6.07, 6.45) is 5.46. The van der Waals surface area contributed by atoms with Gasteiger partial charge in [0, 0.05) is 45.6 Å². The summed E-state index contributed by atoms with van der Waals surface area (Å²) in [5.41, 5.74) is 5.57. The van der Waals surface area contributed by atoms with Crippen LogP contribution in [0.4, 0.5) is 16.4 Å². The summed E-state index contributed by atoms with van der Waals surface area (Å²) in [5, 5.41) is 5.57. The number of hydrogen-bond donors (Lipinski definition) is 2. The SMILES string of the molecule is CN(C)c1cccc(-c2cccc(CNCC3CCN(c4nccc(/C=C5\SC(=O)NC5=O)n4)CC3)c2)c1. The van der Waals surface area contributed by atoms with Gasteiger partial charge >= 0.3 is 0 Å². The standard InChI is InChI=1S/C29H32N6O2S/c1-34(2)25-8-4-7-23(16-25)22-6-3-5-21(15-22)19-30-18-20-10-13-35(14-11-20)28-31-12-9-24(32-28)17-26-27(36)33-29(37)38-26/h3-9,12,15-17,20,30H,10-11,13-14,18-19H2,1-2H3,(H,33,36,37)/b26-17-. The van der Waals surface area contributed by atoms with Crippen molar-refractivity contribution in [1.29, 1.82) is 0 Å². The van der Waals surface area contributed by atoms with E-state index in [4.69, 9.17) is 0 Å². The number of carbonyl (C=O) groups is 2. The molecule has 0 saturated carbocycles. The molecule has 2 aromatic carbocycles. The Hall–Kier alpha value is -3.69. The van der Waals surface area contributed by atoms with E-state index < -0.39 is 0 Å². The molecule has 2 aliphatic rings. The molecule has 38 heavy (non-hydrogen) atoms. The fraction of sp³-hybridized carbons (Fsp3) is 0.310. The molecule has 0 spiro atoms. The van der Waals surface area contributed by atoms with Crippen LogP contribution in [0, 0.1) is 5.92 Å². The summed E-state index contributed by atoms with van der Waals surface area (Å²) < 4.78 is 0.